The molecule has 0 radical (unpaired) electrons. The van der Waals surface area contributed by atoms with Crippen LogP contribution in [0, 0.1) is 25.7 Å². The van der Waals surface area contributed by atoms with Crippen molar-refractivity contribution in [3.05, 3.63) is 63.7 Å². The van der Waals surface area contributed by atoms with Gasteiger partial charge < -0.3 is 14.9 Å². The fourth-order valence-corrected chi connectivity index (χ4v) is 4.78. The summed E-state index contributed by atoms with van der Waals surface area (Å²) in [5.74, 6) is -0.132. The zero-order chi connectivity index (χ0) is 21.1. The standard InChI is InChI=1S/C23H26Cl2O4/c1-13-4-3-5-22(14(13)2)29-12-18-16(21(26)11-20(18)25)8-6-15-7-9-17(23(27)28)19(24)10-15/h3-5,7,9-10,16,18,20-21,26H,6,8,11-12H2,1-2H3,(H,27,28)/t16-,18-,20?,21?/m1/s1. The molecule has 4 atom stereocenters. The van der Waals surface area contributed by atoms with Crippen LogP contribution < -0.4 is 4.74 Å². The number of aromatic carboxylic acids is 1. The Bertz CT molecular complexity index is 883. The zero-order valence-corrected chi connectivity index (χ0v) is 18.1. The molecule has 0 aromatic heterocycles. The molecule has 1 aliphatic rings. The van der Waals surface area contributed by atoms with Gasteiger partial charge in [0.2, 0.25) is 0 Å². The number of hydrogen-bond acceptors (Lipinski definition) is 3. The van der Waals surface area contributed by atoms with Gasteiger partial charge in [0.25, 0.3) is 0 Å². The van der Waals surface area contributed by atoms with Gasteiger partial charge in [0.15, 0.2) is 0 Å². The number of alkyl halides is 1. The largest absolute Gasteiger partial charge is 0.493 e. The average molecular weight is 437 g/mol. The lowest BCUT2D eigenvalue weighted by Gasteiger charge is -2.24. The fourth-order valence-electron chi connectivity index (χ4n) is 4.06. The molecule has 2 unspecified atom stereocenters. The second-order valence-electron chi connectivity index (χ2n) is 7.81. The summed E-state index contributed by atoms with van der Waals surface area (Å²) in [6.07, 6.45) is 1.49. The number of carbonyl (C=O) groups is 1. The molecule has 0 bridgehead atoms. The highest BCUT2D eigenvalue weighted by atomic mass is 35.5. The number of carboxylic acids is 1. The van der Waals surface area contributed by atoms with E-state index in [0.29, 0.717) is 19.4 Å². The van der Waals surface area contributed by atoms with Crippen LogP contribution in [-0.4, -0.2) is 34.3 Å². The molecule has 1 aliphatic carbocycles. The van der Waals surface area contributed by atoms with Crippen molar-refractivity contribution in [2.24, 2.45) is 11.8 Å². The maximum absolute atomic E-state index is 11.1. The lowest BCUT2D eigenvalue weighted by molar-refractivity contribution is 0.0697. The van der Waals surface area contributed by atoms with Gasteiger partial charge in [-0.25, -0.2) is 4.79 Å². The van der Waals surface area contributed by atoms with E-state index in [1.165, 1.54) is 11.6 Å². The Kier molecular flexibility index (Phi) is 7.10. The predicted molar refractivity (Wildman–Crippen MR) is 115 cm³/mol. The minimum absolute atomic E-state index is 0.0144. The van der Waals surface area contributed by atoms with E-state index in [4.69, 9.17) is 33.0 Å². The van der Waals surface area contributed by atoms with E-state index in [-0.39, 0.29) is 27.8 Å². The van der Waals surface area contributed by atoms with Gasteiger partial charge in [-0.15, -0.1) is 11.6 Å². The molecule has 0 saturated heterocycles. The Balaban J connectivity index is 1.66. The summed E-state index contributed by atoms with van der Waals surface area (Å²) in [6, 6.07) is 11.0. The second kappa shape index (κ2) is 9.38. The molecule has 3 rings (SSSR count). The minimum Gasteiger partial charge on any atom is -0.493 e. The van der Waals surface area contributed by atoms with Crippen LogP contribution >= 0.6 is 23.2 Å². The van der Waals surface area contributed by atoms with Crippen LogP contribution in [0.2, 0.25) is 5.02 Å². The normalized spacial score (nSPS) is 23.9. The summed E-state index contributed by atoms with van der Waals surface area (Å²) < 4.78 is 6.08. The first-order valence-electron chi connectivity index (χ1n) is 9.80. The number of hydrogen-bond donors (Lipinski definition) is 2. The number of halogens is 2. The van der Waals surface area contributed by atoms with Gasteiger partial charge in [-0.3, -0.25) is 0 Å². The third-order valence-corrected chi connectivity index (χ3v) is 6.81. The minimum atomic E-state index is -1.04. The van der Waals surface area contributed by atoms with Crippen LogP contribution in [0.5, 0.6) is 5.75 Å². The highest BCUT2D eigenvalue weighted by Gasteiger charge is 2.41. The molecule has 2 aromatic carbocycles. The van der Waals surface area contributed by atoms with Crippen LogP contribution in [-0.2, 0) is 6.42 Å². The Morgan fingerprint density at radius 1 is 1.21 bits per heavy atom. The van der Waals surface area contributed by atoms with Crippen LogP contribution in [0.15, 0.2) is 36.4 Å². The number of aliphatic hydroxyl groups excluding tert-OH is 1. The summed E-state index contributed by atoms with van der Waals surface area (Å²) in [4.78, 5) is 11.1. The van der Waals surface area contributed by atoms with Crippen molar-refractivity contribution in [2.45, 2.75) is 44.6 Å². The molecule has 29 heavy (non-hydrogen) atoms. The van der Waals surface area contributed by atoms with Crippen molar-refractivity contribution in [1.82, 2.24) is 0 Å². The molecule has 0 aliphatic heterocycles. The third-order valence-electron chi connectivity index (χ3n) is 5.99. The highest BCUT2D eigenvalue weighted by molar-refractivity contribution is 6.33. The van der Waals surface area contributed by atoms with Crippen molar-refractivity contribution in [2.75, 3.05) is 6.61 Å². The number of benzene rings is 2. The highest BCUT2D eigenvalue weighted by Crippen LogP contribution is 2.39. The number of carboxylic acid groups (broad SMARTS) is 1. The molecule has 6 heteroatoms. The zero-order valence-electron chi connectivity index (χ0n) is 16.6. The number of aliphatic hydroxyl groups is 1. The Morgan fingerprint density at radius 2 is 1.97 bits per heavy atom. The van der Waals surface area contributed by atoms with Crippen molar-refractivity contribution < 1.29 is 19.7 Å². The smallest absolute Gasteiger partial charge is 0.337 e. The molecule has 4 nitrogen and oxygen atoms in total. The topological polar surface area (TPSA) is 66.8 Å². The van der Waals surface area contributed by atoms with E-state index >= 15 is 0 Å². The summed E-state index contributed by atoms with van der Waals surface area (Å²) in [5.41, 5.74) is 3.33. The summed E-state index contributed by atoms with van der Waals surface area (Å²) in [5, 5.41) is 19.7. The lowest BCUT2D eigenvalue weighted by Crippen LogP contribution is -2.27. The van der Waals surface area contributed by atoms with Crippen molar-refractivity contribution in [3.8, 4) is 5.75 Å². The molecule has 2 aromatic rings. The summed E-state index contributed by atoms with van der Waals surface area (Å²) in [7, 11) is 0. The van der Waals surface area contributed by atoms with Gasteiger partial charge in [-0.1, -0.05) is 29.8 Å². The van der Waals surface area contributed by atoms with E-state index < -0.39 is 12.1 Å². The Morgan fingerprint density at radius 3 is 2.66 bits per heavy atom. The Hall–Kier alpha value is -1.75. The van der Waals surface area contributed by atoms with E-state index in [0.717, 1.165) is 23.3 Å². The van der Waals surface area contributed by atoms with Gasteiger partial charge in [0.1, 0.15) is 5.75 Å². The summed E-state index contributed by atoms with van der Waals surface area (Å²) >= 11 is 12.6. The summed E-state index contributed by atoms with van der Waals surface area (Å²) in [6.45, 7) is 4.54. The number of aryl methyl sites for hydroxylation is 2. The quantitative estimate of drug-likeness (QED) is 0.579. The molecular weight excluding hydrogens is 411 g/mol. The van der Waals surface area contributed by atoms with Gasteiger partial charge in [0.05, 0.1) is 23.3 Å². The molecule has 0 amide bonds. The molecule has 0 heterocycles. The molecule has 156 valence electrons. The van der Waals surface area contributed by atoms with E-state index in [9.17, 15) is 9.90 Å². The van der Waals surface area contributed by atoms with Gasteiger partial charge in [-0.05, 0) is 73.9 Å². The average Bonchev–Trinajstić information content (AvgIpc) is 2.93. The first-order chi connectivity index (χ1) is 13.8. The van der Waals surface area contributed by atoms with Gasteiger partial charge in [0, 0.05) is 11.3 Å². The van der Waals surface area contributed by atoms with Crippen LogP contribution in [0.1, 0.15) is 39.9 Å². The van der Waals surface area contributed by atoms with Crippen molar-refractivity contribution >= 4 is 29.2 Å². The maximum Gasteiger partial charge on any atom is 0.337 e. The fraction of sp³-hybridized carbons (Fsp3) is 0.435. The third kappa shape index (κ3) is 5.06. The first-order valence-corrected chi connectivity index (χ1v) is 10.6. The molecule has 1 saturated carbocycles. The number of rotatable bonds is 7. The van der Waals surface area contributed by atoms with Crippen molar-refractivity contribution in [1.29, 1.82) is 0 Å². The van der Waals surface area contributed by atoms with Gasteiger partial charge >= 0.3 is 5.97 Å². The lowest BCUT2D eigenvalue weighted by atomic mass is 9.89. The number of ether oxygens (including phenoxy) is 1. The maximum atomic E-state index is 11.1. The molecule has 2 N–H and O–H groups in total. The van der Waals surface area contributed by atoms with E-state index in [1.807, 2.05) is 19.1 Å². The first kappa shape index (κ1) is 21.9. The predicted octanol–water partition coefficient (Wildman–Crippen LogP) is 5.27. The Labute approximate surface area is 181 Å². The van der Waals surface area contributed by atoms with Crippen LogP contribution in [0.4, 0.5) is 0 Å². The van der Waals surface area contributed by atoms with Crippen molar-refractivity contribution in [3.63, 3.8) is 0 Å². The monoisotopic (exact) mass is 436 g/mol. The molecular formula is C23H26Cl2O4. The van der Waals surface area contributed by atoms with E-state index in [2.05, 4.69) is 13.0 Å². The second-order valence-corrected chi connectivity index (χ2v) is 8.78. The van der Waals surface area contributed by atoms with E-state index in [1.54, 1.807) is 12.1 Å². The van der Waals surface area contributed by atoms with Gasteiger partial charge in [-0.2, -0.15) is 0 Å². The molecule has 1 fully saturated rings. The van der Waals surface area contributed by atoms with Crippen LogP contribution in [0.3, 0.4) is 0 Å². The van der Waals surface area contributed by atoms with Crippen LogP contribution in [0.25, 0.3) is 0 Å². The molecule has 0 spiro atoms. The SMILES string of the molecule is Cc1cccc(OC[C@H]2C(Cl)CC(O)[C@@H]2CCc2ccc(C(=O)O)c(Cl)c2)c1C.